The Morgan fingerprint density at radius 1 is 1.36 bits per heavy atom. The summed E-state index contributed by atoms with van der Waals surface area (Å²) in [6, 6.07) is 6.55. The Balaban J connectivity index is 1.86. The van der Waals surface area contributed by atoms with Gasteiger partial charge in [-0.15, -0.1) is 0 Å². The Kier molecular flexibility index (Phi) is 4.67. The molecular formula is C18H20ClN3O3. The molecule has 1 atom stereocenters. The molecule has 0 saturated carbocycles. The first-order valence-corrected chi connectivity index (χ1v) is 8.57. The number of hydrogen-bond donors (Lipinski definition) is 1. The Labute approximate surface area is 150 Å². The summed E-state index contributed by atoms with van der Waals surface area (Å²) < 4.78 is 1.56. The van der Waals surface area contributed by atoms with Crippen LogP contribution in [-0.4, -0.2) is 32.0 Å². The van der Waals surface area contributed by atoms with E-state index in [-0.39, 0.29) is 12.1 Å². The molecule has 0 fully saturated rings. The van der Waals surface area contributed by atoms with Crippen molar-refractivity contribution in [2.24, 2.45) is 0 Å². The van der Waals surface area contributed by atoms with E-state index in [1.165, 1.54) is 13.3 Å². The first-order valence-electron chi connectivity index (χ1n) is 8.19. The summed E-state index contributed by atoms with van der Waals surface area (Å²) in [6.45, 7) is 4.51. The van der Waals surface area contributed by atoms with E-state index >= 15 is 0 Å². The molecule has 1 aromatic carbocycles. The third kappa shape index (κ3) is 3.19. The van der Waals surface area contributed by atoms with E-state index in [0.717, 1.165) is 0 Å². The van der Waals surface area contributed by atoms with E-state index in [1.807, 2.05) is 6.92 Å². The fourth-order valence-corrected chi connectivity index (χ4v) is 3.19. The summed E-state index contributed by atoms with van der Waals surface area (Å²) in [5, 5.41) is 11.3. The van der Waals surface area contributed by atoms with Gasteiger partial charge in [-0.1, -0.05) is 23.7 Å². The number of rotatable bonds is 3. The lowest BCUT2D eigenvalue weighted by molar-refractivity contribution is -0.151. The highest BCUT2D eigenvalue weighted by atomic mass is 35.5. The number of hydrogen-bond acceptors (Lipinski definition) is 4. The second-order valence-corrected chi connectivity index (χ2v) is 6.75. The van der Waals surface area contributed by atoms with Crippen LogP contribution in [-0.2, 0) is 29.9 Å². The molecule has 1 aromatic heterocycles. The van der Waals surface area contributed by atoms with Gasteiger partial charge in [0, 0.05) is 23.7 Å². The maximum absolute atomic E-state index is 12.9. The molecule has 6 nitrogen and oxygen atoms in total. The largest absolute Gasteiger partial charge is 0.376 e. The van der Waals surface area contributed by atoms with Crippen molar-refractivity contribution in [2.45, 2.75) is 39.0 Å². The van der Waals surface area contributed by atoms with Gasteiger partial charge in [-0.2, -0.15) is 0 Å². The summed E-state index contributed by atoms with van der Waals surface area (Å²) in [5.74, 6) is -0.415. The Morgan fingerprint density at radius 3 is 2.68 bits per heavy atom. The number of carbonyl (C=O) groups excluding carboxylic acids is 1. The van der Waals surface area contributed by atoms with E-state index in [2.05, 4.69) is 4.98 Å². The zero-order valence-electron chi connectivity index (χ0n) is 14.2. The Bertz CT molecular complexity index is 859. The van der Waals surface area contributed by atoms with Crippen LogP contribution in [0.5, 0.6) is 0 Å². The van der Waals surface area contributed by atoms with Gasteiger partial charge in [0.15, 0.2) is 5.60 Å². The second-order valence-electron chi connectivity index (χ2n) is 6.32. The quantitative estimate of drug-likeness (QED) is 0.903. The average molecular weight is 362 g/mol. The lowest BCUT2D eigenvalue weighted by atomic mass is 9.93. The highest BCUT2D eigenvalue weighted by molar-refractivity contribution is 6.30. The highest BCUT2D eigenvalue weighted by Crippen LogP contribution is 2.27. The molecule has 1 aliphatic heterocycles. The van der Waals surface area contributed by atoms with Gasteiger partial charge in [0.1, 0.15) is 0 Å². The Hall–Kier alpha value is -2.18. The number of aryl methyl sites for hydroxylation is 1. The van der Waals surface area contributed by atoms with Crippen molar-refractivity contribution in [3.05, 3.63) is 62.8 Å². The van der Waals surface area contributed by atoms with Crippen LogP contribution in [0.25, 0.3) is 0 Å². The first-order chi connectivity index (χ1) is 11.8. The third-order valence-corrected chi connectivity index (χ3v) is 4.90. The molecule has 0 aliphatic carbocycles. The lowest BCUT2D eigenvalue weighted by Gasteiger charge is -2.34. The number of aliphatic hydroxyl groups is 1. The number of nitrogens with zero attached hydrogens (tertiary/aromatic N) is 3. The predicted molar refractivity (Wildman–Crippen MR) is 94.3 cm³/mol. The molecule has 2 aromatic rings. The van der Waals surface area contributed by atoms with Gasteiger partial charge in [-0.25, -0.2) is 4.98 Å². The van der Waals surface area contributed by atoms with E-state index < -0.39 is 11.5 Å². The fourth-order valence-electron chi connectivity index (χ4n) is 3.06. The minimum Gasteiger partial charge on any atom is -0.376 e. The van der Waals surface area contributed by atoms with Gasteiger partial charge in [0.25, 0.3) is 11.5 Å². The average Bonchev–Trinajstić information content (AvgIpc) is 2.61. The van der Waals surface area contributed by atoms with Crippen LogP contribution in [0.1, 0.15) is 30.7 Å². The lowest BCUT2D eigenvalue weighted by Crippen LogP contribution is -2.48. The van der Waals surface area contributed by atoms with Gasteiger partial charge in [0.05, 0.1) is 18.6 Å². The van der Waals surface area contributed by atoms with Gasteiger partial charge < -0.3 is 10.0 Å². The molecule has 1 amide bonds. The van der Waals surface area contributed by atoms with Crippen LogP contribution < -0.4 is 5.56 Å². The Morgan fingerprint density at radius 2 is 2.04 bits per heavy atom. The van der Waals surface area contributed by atoms with Crippen LogP contribution in [0, 0.1) is 0 Å². The zero-order chi connectivity index (χ0) is 18.2. The van der Waals surface area contributed by atoms with Gasteiger partial charge in [-0.05, 0) is 38.0 Å². The minimum absolute atomic E-state index is 0.0518. The summed E-state index contributed by atoms with van der Waals surface area (Å²) >= 11 is 5.87. The standard InChI is InChI=1S/C18H20ClN3O3/c1-3-21-11-20-15-10-22(9-8-14(15)16(21)23)17(24)18(2,25)12-4-6-13(19)7-5-12/h4-7,11,25H,3,8-10H2,1-2H3. The predicted octanol–water partition coefficient (Wildman–Crippen LogP) is 1.71. The maximum Gasteiger partial charge on any atom is 0.259 e. The fraction of sp³-hybridized carbons (Fsp3) is 0.389. The normalized spacial score (nSPS) is 16.2. The van der Waals surface area contributed by atoms with Crippen LogP contribution >= 0.6 is 11.6 Å². The SMILES string of the molecule is CCn1cnc2c(c1=O)CCN(C(=O)C(C)(O)c1ccc(Cl)cc1)C2. The number of benzene rings is 1. The molecule has 1 aliphatic rings. The molecule has 0 radical (unpaired) electrons. The molecule has 1 unspecified atom stereocenters. The van der Waals surface area contributed by atoms with Gasteiger partial charge in [0.2, 0.25) is 0 Å². The van der Waals surface area contributed by atoms with E-state index in [1.54, 1.807) is 33.7 Å². The van der Waals surface area contributed by atoms with Crippen molar-refractivity contribution >= 4 is 17.5 Å². The maximum atomic E-state index is 12.9. The molecule has 0 saturated heterocycles. The van der Waals surface area contributed by atoms with Crippen LogP contribution in [0.2, 0.25) is 5.02 Å². The van der Waals surface area contributed by atoms with Gasteiger partial charge >= 0.3 is 0 Å². The molecular weight excluding hydrogens is 342 g/mol. The van der Waals surface area contributed by atoms with Crippen molar-refractivity contribution in [3.8, 4) is 0 Å². The van der Waals surface area contributed by atoms with E-state index in [4.69, 9.17) is 11.6 Å². The number of fused-ring (bicyclic) bond motifs is 1. The summed E-state index contributed by atoms with van der Waals surface area (Å²) in [7, 11) is 0. The molecule has 25 heavy (non-hydrogen) atoms. The van der Waals surface area contributed by atoms with Gasteiger partial charge in [-0.3, -0.25) is 14.2 Å². The van der Waals surface area contributed by atoms with Crippen molar-refractivity contribution in [3.63, 3.8) is 0 Å². The van der Waals surface area contributed by atoms with Crippen molar-refractivity contribution in [2.75, 3.05) is 6.54 Å². The summed E-state index contributed by atoms with van der Waals surface area (Å²) in [5.41, 5.74) is 0.00684. The van der Waals surface area contributed by atoms with Crippen molar-refractivity contribution < 1.29 is 9.90 Å². The van der Waals surface area contributed by atoms with Crippen molar-refractivity contribution in [1.82, 2.24) is 14.5 Å². The van der Waals surface area contributed by atoms with Crippen molar-refractivity contribution in [1.29, 1.82) is 0 Å². The molecule has 0 bridgehead atoms. The monoisotopic (exact) mass is 361 g/mol. The number of carbonyl (C=O) groups is 1. The smallest absolute Gasteiger partial charge is 0.259 e. The number of amides is 1. The van der Waals surface area contributed by atoms with Crippen LogP contribution in [0.3, 0.4) is 0 Å². The summed E-state index contributed by atoms with van der Waals surface area (Å²) in [4.78, 5) is 31.0. The first kappa shape index (κ1) is 17.6. The third-order valence-electron chi connectivity index (χ3n) is 4.64. The number of aromatic nitrogens is 2. The zero-order valence-corrected chi connectivity index (χ0v) is 15.0. The topological polar surface area (TPSA) is 75.4 Å². The molecule has 2 heterocycles. The number of halogens is 1. The van der Waals surface area contributed by atoms with Crippen LogP contribution in [0.4, 0.5) is 0 Å². The highest BCUT2D eigenvalue weighted by Gasteiger charge is 2.38. The van der Waals surface area contributed by atoms with Crippen LogP contribution in [0.15, 0.2) is 35.4 Å². The molecule has 7 heteroatoms. The molecule has 0 spiro atoms. The van der Waals surface area contributed by atoms with E-state index in [9.17, 15) is 14.7 Å². The minimum atomic E-state index is -1.67. The molecule has 132 valence electrons. The molecule has 1 N–H and O–H groups in total. The van der Waals surface area contributed by atoms with E-state index in [0.29, 0.717) is 41.4 Å². The molecule has 3 rings (SSSR count). The summed E-state index contributed by atoms with van der Waals surface area (Å²) in [6.07, 6.45) is 1.94. The second kappa shape index (κ2) is 6.61.